The van der Waals surface area contributed by atoms with E-state index in [1.807, 2.05) is 54.6 Å². The summed E-state index contributed by atoms with van der Waals surface area (Å²) in [4.78, 5) is 0. The van der Waals surface area contributed by atoms with Crippen LogP contribution in [0, 0.1) is 11.8 Å². The molecule has 0 aliphatic heterocycles. The van der Waals surface area contributed by atoms with Gasteiger partial charge in [0.15, 0.2) is 5.76 Å². The zero-order valence-electron chi connectivity index (χ0n) is 8.18. The van der Waals surface area contributed by atoms with Gasteiger partial charge in [-0.15, -0.1) is 0 Å². The molecule has 0 spiro atoms. The fourth-order valence-electron chi connectivity index (χ4n) is 1.16. The molecule has 2 aromatic rings. The van der Waals surface area contributed by atoms with Crippen LogP contribution < -0.4 is 0 Å². The van der Waals surface area contributed by atoms with Gasteiger partial charge in [-0.3, -0.25) is 0 Å². The monoisotopic (exact) mass is 194 g/mol. The van der Waals surface area contributed by atoms with E-state index in [1.54, 1.807) is 6.26 Å². The number of allylic oxidation sites excluding steroid dienone is 1. The highest BCUT2D eigenvalue weighted by molar-refractivity contribution is 5.52. The van der Waals surface area contributed by atoms with Crippen molar-refractivity contribution in [1.29, 1.82) is 0 Å². The third-order valence-corrected chi connectivity index (χ3v) is 1.88. The Balaban J connectivity index is 2.02. The van der Waals surface area contributed by atoms with Crippen LogP contribution in [0.5, 0.6) is 0 Å². The number of benzene rings is 1. The van der Waals surface area contributed by atoms with Crippen molar-refractivity contribution in [2.45, 2.75) is 0 Å². The molecule has 1 aromatic heterocycles. The molecule has 1 heteroatoms. The Morgan fingerprint density at radius 1 is 1.00 bits per heavy atom. The Morgan fingerprint density at radius 2 is 1.87 bits per heavy atom. The molecule has 15 heavy (non-hydrogen) atoms. The predicted molar refractivity (Wildman–Crippen MR) is 61.1 cm³/mol. The average Bonchev–Trinajstić information content (AvgIpc) is 2.79. The van der Waals surface area contributed by atoms with E-state index in [-0.39, 0.29) is 0 Å². The van der Waals surface area contributed by atoms with E-state index in [2.05, 4.69) is 11.8 Å². The Hall–Kier alpha value is -2.20. The van der Waals surface area contributed by atoms with Crippen molar-refractivity contribution in [3.05, 3.63) is 66.1 Å². The van der Waals surface area contributed by atoms with Crippen LogP contribution in [0.25, 0.3) is 6.08 Å². The molecule has 0 atom stereocenters. The van der Waals surface area contributed by atoms with Crippen molar-refractivity contribution in [3.63, 3.8) is 0 Å². The maximum Gasteiger partial charge on any atom is 0.176 e. The van der Waals surface area contributed by atoms with E-state index >= 15 is 0 Å². The molecule has 0 saturated carbocycles. The molecule has 0 saturated heterocycles. The van der Waals surface area contributed by atoms with Crippen molar-refractivity contribution in [3.8, 4) is 11.8 Å². The zero-order chi connectivity index (χ0) is 10.3. The first-order chi connectivity index (χ1) is 7.45. The van der Waals surface area contributed by atoms with E-state index in [1.165, 1.54) is 0 Å². The first-order valence-electron chi connectivity index (χ1n) is 4.72. The van der Waals surface area contributed by atoms with Gasteiger partial charge in [-0.1, -0.05) is 36.3 Å². The third-order valence-electron chi connectivity index (χ3n) is 1.88. The van der Waals surface area contributed by atoms with Gasteiger partial charge in [-0.25, -0.2) is 0 Å². The summed E-state index contributed by atoms with van der Waals surface area (Å²) < 4.78 is 5.08. The fraction of sp³-hybridized carbons (Fsp3) is 0. The SMILES string of the molecule is C(#Cc1ccco1)/C=C/c1ccccc1. The van der Waals surface area contributed by atoms with Gasteiger partial charge >= 0.3 is 0 Å². The number of hydrogen-bond donors (Lipinski definition) is 0. The van der Waals surface area contributed by atoms with Gasteiger partial charge in [0.05, 0.1) is 6.26 Å². The lowest BCUT2D eigenvalue weighted by Crippen LogP contribution is -1.67. The van der Waals surface area contributed by atoms with Crippen LogP contribution in [0.1, 0.15) is 11.3 Å². The summed E-state index contributed by atoms with van der Waals surface area (Å²) in [5.41, 5.74) is 1.14. The fourth-order valence-corrected chi connectivity index (χ4v) is 1.16. The molecule has 1 heterocycles. The van der Waals surface area contributed by atoms with Crippen LogP contribution in [-0.2, 0) is 0 Å². The molecule has 72 valence electrons. The van der Waals surface area contributed by atoms with Crippen LogP contribution in [0.15, 0.2) is 59.2 Å². The minimum Gasteiger partial charge on any atom is -0.456 e. The molecule has 1 nitrogen and oxygen atoms in total. The molecule has 0 aliphatic rings. The van der Waals surface area contributed by atoms with E-state index in [0.717, 1.165) is 5.56 Å². The summed E-state index contributed by atoms with van der Waals surface area (Å²) in [6, 6.07) is 13.7. The van der Waals surface area contributed by atoms with Gasteiger partial charge in [-0.2, -0.15) is 0 Å². The first kappa shape index (κ1) is 9.36. The van der Waals surface area contributed by atoms with Gasteiger partial charge in [-0.05, 0) is 35.8 Å². The lowest BCUT2D eigenvalue weighted by atomic mass is 10.2. The maximum atomic E-state index is 5.08. The quantitative estimate of drug-likeness (QED) is 0.634. The number of hydrogen-bond acceptors (Lipinski definition) is 1. The molecular weight excluding hydrogens is 184 g/mol. The lowest BCUT2D eigenvalue weighted by Gasteiger charge is -1.87. The van der Waals surface area contributed by atoms with E-state index in [4.69, 9.17) is 4.42 Å². The third kappa shape index (κ3) is 2.89. The lowest BCUT2D eigenvalue weighted by molar-refractivity contribution is 0.554. The van der Waals surface area contributed by atoms with Crippen molar-refractivity contribution < 1.29 is 4.42 Å². The first-order valence-corrected chi connectivity index (χ1v) is 4.72. The van der Waals surface area contributed by atoms with E-state index in [0.29, 0.717) is 5.76 Å². The van der Waals surface area contributed by atoms with Crippen LogP contribution >= 0.6 is 0 Å². The van der Waals surface area contributed by atoms with Crippen molar-refractivity contribution in [2.75, 3.05) is 0 Å². The minimum atomic E-state index is 0.688. The summed E-state index contributed by atoms with van der Waals surface area (Å²) in [6.07, 6.45) is 5.40. The Bertz CT molecular complexity index is 481. The van der Waals surface area contributed by atoms with Crippen LogP contribution in [-0.4, -0.2) is 0 Å². The largest absolute Gasteiger partial charge is 0.456 e. The molecule has 0 amide bonds. The van der Waals surface area contributed by atoms with Crippen molar-refractivity contribution >= 4 is 6.08 Å². The van der Waals surface area contributed by atoms with Crippen LogP contribution in [0.3, 0.4) is 0 Å². The van der Waals surface area contributed by atoms with Gasteiger partial charge in [0.2, 0.25) is 0 Å². The molecule has 0 unspecified atom stereocenters. The second-order valence-corrected chi connectivity index (χ2v) is 2.99. The summed E-state index contributed by atoms with van der Waals surface area (Å²) in [5.74, 6) is 6.49. The molecule has 0 radical (unpaired) electrons. The smallest absolute Gasteiger partial charge is 0.176 e. The molecule has 0 N–H and O–H groups in total. The molecule has 0 fully saturated rings. The predicted octanol–water partition coefficient (Wildman–Crippen LogP) is 3.34. The summed E-state index contributed by atoms with van der Waals surface area (Å²) in [7, 11) is 0. The topological polar surface area (TPSA) is 13.1 Å². The second kappa shape index (κ2) is 4.88. The molecule has 2 rings (SSSR count). The second-order valence-electron chi connectivity index (χ2n) is 2.99. The normalized spacial score (nSPS) is 9.87. The average molecular weight is 194 g/mol. The van der Waals surface area contributed by atoms with Gasteiger partial charge < -0.3 is 4.42 Å². The highest BCUT2D eigenvalue weighted by Gasteiger charge is 1.84. The van der Waals surface area contributed by atoms with Crippen LogP contribution in [0.2, 0.25) is 0 Å². The summed E-state index contributed by atoms with van der Waals surface area (Å²) in [6.45, 7) is 0. The van der Waals surface area contributed by atoms with Crippen molar-refractivity contribution in [2.24, 2.45) is 0 Å². The number of rotatable bonds is 1. The van der Waals surface area contributed by atoms with E-state index < -0.39 is 0 Å². The van der Waals surface area contributed by atoms with Crippen LogP contribution in [0.4, 0.5) is 0 Å². The van der Waals surface area contributed by atoms with E-state index in [9.17, 15) is 0 Å². The molecule has 0 bridgehead atoms. The highest BCUT2D eigenvalue weighted by Crippen LogP contribution is 2.00. The Morgan fingerprint density at radius 3 is 2.60 bits per heavy atom. The molecule has 1 aromatic carbocycles. The Kier molecular flexibility index (Phi) is 3.04. The molecular formula is C14H10O. The highest BCUT2D eigenvalue weighted by atomic mass is 16.3. The van der Waals surface area contributed by atoms with Gasteiger partial charge in [0.25, 0.3) is 0 Å². The standard InChI is InChI=1S/C14H10O/c1-2-7-13(8-3-1)9-4-5-10-14-11-6-12-15-14/h1-4,6-9,11-12H/b9-4+. The van der Waals surface area contributed by atoms with Crippen molar-refractivity contribution in [1.82, 2.24) is 0 Å². The number of furan rings is 1. The zero-order valence-corrected chi connectivity index (χ0v) is 8.18. The van der Waals surface area contributed by atoms with Gasteiger partial charge in [0, 0.05) is 0 Å². The maximum absolute atomic E-state index is 5.08. The minimum absolute atomic E-state index is 0.688. The summed E-state index contributed by atoms with van der Waals surface area (Å²) >= 11 is 0. The van der Waals surface area contributed by atoms with Gasteiger partial charge in [0.1, 0.15) is 0 Å². The summed E-state index contributed by atoms with van der Waals surface area (Å²) in [5, 5.41) is 0. The molecule has 0 aliphatic carbocycles. The Labute approximate surface area is 89.1 Å².